The van der Waals surface area contributed by atoms with Gasteiger partial charge in [0.2, 0.25) is 6.29 Å². The maximum Gasteiger partial charge on any atom is 0.229 e. The molecule has 2 heterocycles. The molecule has 1 saturated heterocycles. The Morgan fingerprint density at radius 1 is 0.968 bits per heavy atom. The standard InChI is InChI=1S/C22H22O9/c1-28-12-4-2-11(3-5-12)15-10-29-16-8-13(6-7-14(16)18(15)24)30-22-21(27)20(26)19(25)17(9-23)31-22/h2-8,10,17,19-23,25-27H,9H2,1H3/t17-,19-,20+,21-,22+/m0/s1. The van der Waals surface area contributed by atoms with Gasteiger partial charge in [-0.15, -0.1) is 0 Å². The van der Waals surface area contributed by atoms with E-state index in [0.717, 1.165) is 0 Å². The Morgan fingerprint density at radius 2 is 1.68 bits per heavy atom. The Balaban J connectivity index is 1.61. The summed E-state index contributed by atoms with van der Waals surface area (Å²) in [6.07, 6.45) is -5.65. The van der Waals surface area contributed by atoms with Gasteiger partial charge in [0.25, 0.3) is 0 Å². The van der Waals surface area contributed by atoms with Gasteiger partial charge in [0.05, 0.1) is 24.7 Å². The Morgan fingerprint density at radius 3 is 2.35 bits per heavy atom. The molecule has 4 N–H and O–H groups in total. The molecule has 0 spiro atoms. The molecule has 9 heteroatoms. The number of aliphatic hydroxyl groups excluding tert-OH is 4. The van der Waals surface area contributed by atoms with Crippen LogP contribution < -0.4 is 14.9 Å². The second-order valence-corrected chi connectivity index (χ2v) is 7.18. The first kappa shape index (κ1) is 21.3. The number of methoxy groups -OCH3 is 1. The minimum Gasteiger partial charge on any atom is -0.497 e. The third kappa shape index (κ3) is 4.01. The van der Waals surface area contributed by atoms with Gasteiger partial charge in [-0.3, -0.25) is 4.79 Å². The lowest BCUT2D eigenvalue weighted by Crippen LogP contribution is -2.60. The van der Waals surface area contributed by atoms with Gasteiger partial charge < -0.3 is 39.1 Å². The van der Waals surface area contributed by atoms with E-state index in [1.165, 1.54) is 24.5 Å². The topological polar surface area (TPSA) is 139 Å². The van der Waals surface area contributed by atoms with Crippen molar-refractivity contribution in [2.24, 2.45) is 0 Å². The first-order valence-electron chi connectivity index (χ1n) is 9.60. The molecular formula is C22H22O9. The smallest absolute Gasteiger partial charge is 0.229 e. The van der Waals surface area contributed by atoms with Crippen LogP contribution in [0.3, 0.4) is 0 Å². The fourth-order valence-electron chi connectivity index (χ4n) is 3.45. The molecular weight excluding hydrogens is 408 g/mol. The van der Waals surface area contributed by atoms with Crippen molar-refractivity contribution in [1.29, 1.82) is 0 Å². The molecule has 0 aliphatic carbocycles. The Bertz CT molecular complexity index is 1110. The second kappa shape index (κ2) is 8.66. The Labute approximate surface area is 176 Å². The summed E-state index contributed by atoms with van der Waals surface area (Å²) in [4.78, 5) is 12.9. The van der Waals surface area contributed by atoms with E-state index in [1.54, 1.807) is 31.4 Å². The van der Waals surface area contributed by atoms with Crippen molar-refractivity contribution in [1.82, 2.24) is 0 Å². The van der Waals surface area contributed by atoms with E-state index in [4.69, 9.17) is 18.6 Å². The molecule has 164 valence electrons. The van der Waals surface area contributed by atoms with E-state index in [0.29, 0.717) is 22.3 Å². The van der Waals surface area contributed by atoms with E-state index in [2.05, 4.69) is 0 Å². The first-order chi connectivity index (χ1) is 14.9. The molecule has 1 aliphatic rings. The molecule has 31 heavy (non-hydrogen) atoms. The number of ether oxygens (including phenoxy) is 3. The molecule has 0 bridgehead atoms. The Kier molecular flexibility index (Phi) is 5.94. The summed E-state index contributed by atoms with van der Waals surface area (Å²) in [5.74, 6) is 0.876. The summed E-state index contributed by atoms with van der Waals surface area (Å²) in [5.41, 5.74) is 1.09. The number of benzene rings is 2. The van der Waals surface area contributed by atoms with Crippen LogP contribution in [-0.4, -0.2) is 64.8 Å². The van der Waals surface area contributed by atoms with Gasteiger partial charge in [-0.2, -0.15) is 0 Å². The lowest BCUT2D eigenvalue weighted by molar-refractivity contribution is -0.277. The molecule has 4 rings (SSSR count). The minimum atomic E-state index is -1.55. The number of fused-ring (bicyclic) bond motifs is 1. The van der Waals surface area contributed by atoms with Crippen LogP contribution in [-0.2, 0) is 4.74 Å². The predicted molar refractivity (Wildman–Crippen MR) is 109 cm³/mol. The van der Waals surface area contributed by atoms with Gasteiger partial charge in [-0.05, 0) is 29.8 Å². The predicted octanol–water partition coefficient (Wildman–Crippen LogP) is 0.647. The minimum absolute atomic E-state index is 0.206. The fourth-order valence-corrected chi connectivity index (χ4v) is 3.45. The summed E-state index contributed by atoms with van der Waals surface area (Å²) in [6.45, 7) is -0.564. The van der Waals surface area contributed by atoms with Gasteiger partial charge in [-0.25, -0.2) is 0 Å². The van der Waals surface area contributed by atoms with Gasteiger partial charge >= 0.3 is 0 Å². The second-order valence-electron chi connectivity index (χ2n) is 7.18. The molecule has 1 aliphatic heterocycles. The van der Waals surface area contributed by atoms with Gasteiger partial charge in [0.15, 0.2) is 5.43 Å². The van der Waals surface area contributed by atoms with Gasteiger partial charge in [-0.1, -0.05) is 12.1 Å². The zero-order valence-electron chi connectivity index (χ0n) is 16.5. The SMILES string of the molecule is COc1ccc(-c2coc3cc(O[C@@H]4O[C@@H](CO)[C@H](O)[C@@H](O)[C@@H]4O)ccc3c2=O)cc1. The van der Waals surface area contributed by atoms with Crippen LogP contribution >= 0.6 is 0 Å². The summed E-state index contributed by atoms with van der Waals surface area (Å²) < 4.78 is 21.7. The van der Waals surface area contributed by atoms with Crippen LogP contribution in [0, 0.1) is 0 Å². The lowest BCUT2D eigenvalue weighted by Gasteiger charge is -2.39. The number of hydrogen-bond donors (Lipinski definition) is 4. The average Bonchev–Trinajstić information content (AvgIpc) is 2.80. The number of hydrogen-bond acceptors (Lipinski definition) is 9. The van der Waals surface area contributed by atoms with Crippen molar-refractivity contribution in [3.63, 3.8) is 0 Å². The van der Waals surface area contributed by atoms with E-state index in [-0.39, 0.29) is 16.8 Å². The van der Waals surface area contributed by atoms with E-state index in [9.17, 15) is 25.2 Å². The van der Waals surface area contributed by atoms with Gasteiger partial charge in [0.1, 0.15) is 47.8 Å². The summed E-state index contributed by atoms with van der Waals surface area (Å²) in [5, 5.41) is 39.5. The van der Waals surface area contributed by atoms with Crippen LogP contribution in [0.4, 0.5) is 0 Å². The normalized spacial score (nSPS) is 26.0. The molecule has 5 atom stereocenters. The highest BCUT2D eigenvalue weighted by Crippen LogP contribution is 2.28. The van der Waals surface area contributed by atoms with Crippen molar-refractivity contribution in [3.05, 3.63) is 59.0 Å². The zero-order valence-corrected chi connectivity index (χ0v) is 16.5. The van der Waals surface area contributed by atoms with E-state index >= 15 is 0 Å². The molecule has 2 aromatic carbocycles. The van der Waals surface area contributed by atoms with Crippen molar-refractivity contribution < 1.29 is 39.1 Å². The van der Waals surface area contributed by atoms with Crippen LogP contribution in [0.25, 0.3) is 22.1 Å². The molecule has 0 unspecified atom stereocenters. The molecule has 0 amide bonds. The fraction of sp³-hybridized carbons (Fsp3) is 0.318. The van der Waals surface area contributed by atoms with Crippen LogP contribution in [0.15, 0.2) is 57.9 Å². The van der Waals surface area contributed by atoms with Crippen molar-refractivity contribution >= 4 is 11.0 Å². The monoisotopic (exact) mass is 430 g/mol. The van der Waals surface area contributed by atoms with E-state index in [1.807, 2.05) is 0 Å². The number of rotatable bonds is 5. The molecule has 1 fully saturated rings. The lowest BCUT2D eigenvalue weighted by atomic mass is 9.99. The van der Waals surface area contributed by atoms with E-state index < -0.39 is 37.3 Å². The highest BCUT2D eigenvalue weighted by molar-refractivity contribution is 5.82. The molecule has 0 saturated carbocycles. The largest absolute Gasteiger partial charge is 0.497 e. The highest BCUT2D eigenvalue weighted by Gasteiger charge is 2.44. The summed E-state index contributed by atoms with van der Waals surface area (Å²) in [7, 11) is 1.56. The quantitative estimate of drug-likeness (QED) is 0.459. The van der Waals surface area contributed by atoms with Crippen molar-refractivity contribution in [2.75, 3.05) is 13.7 Å². The van der Waals surface area contributed by atoms with Crippen LogP contribution in [0.2, 0.25) is 0 Å². The Hall–Kier alpha value is -2.95. The molecule has 0 radical (unpaired) electrons. The van der Waals surface area contributed by atoms with Gasteiger partial charge in [0, 0.05) is 6.07 Å². The maximum absolute atomic E-state index is 12.9. The molecule has 1 aromatic heterocycles. The third-order valence-corrected chi connectivity index (χ3v) is 5.25. The average molecular weight is 430 g/mol. The zero-order chi connectivity index (χ0) is 22.1. The van der Waals surface area contributed by atoms with Crippen LogP contribution in [0.5, 0.6) is 11.5 Å². The third-order valence-electron chi connectivity index (χ3n) is 5.25. The summed E-state index contributed by atoms with van der Waals surface area (Å²) in [6, 6.07) is 11.5. The number of aliphatic hydroxyl groups is 4. The van der Waals surface area contributed by atoms with Crippen molar-refractivity contribution in [2.45, 2.75) is 30.7 Å². The molecule has 9 nitrogen and oxygen atoms in total. The molecule has 3 aromatic rings. The van der Waals surface area contributed by atoms with Crippen LogP contribution in [0.1, 0.15) is 0 Å². The first-order valence-corrected chi connectivity index (χ1v) is 9.60. The summed E-state index contributed by atoms with van der Waals surface area (Å²) >= 11 is 0. The van der Waals surface area contributed by atoms with Crippen molar-refractivity contribution in [3.8, 4) is 22.6 Å². The maximum atomic E-state index is 12.9. The highest BCUT2D eigenvalue weighted by atomic mass is 16.7.